The van der Waals surface area contributed by atoms with E-state index in [1.807, 2.05) is 0 Å². The van der Waals surface area contributed by atoms with Crippen molar-refractivity contribution in [1.82, 2.24) is 10.3 Å². The van der Waals surface area contributed by atoms with Crippen molar-refractivity contribution in [1.29, 1.82) is 0 Å². The number of rotatable bonds is 5. The lowest BCUT2D eigenvalue weighted by Crippen LogP contribution is -2.55. The summed E-state index contributed by atoms with van der Waals surface area (Å²) in [5.41, 5.74) is 6.16. The highest BCUT2D eigenvalue weighted by atomic mass is 19.3. The Bertz CT molecular complexity index is 704. The monoisotopic (exact) mass is 340 g/mol. The second-order valence-electron chi connectivity index (χ2n) is 5.38. The highest BCUT2D eigenvalue weighted by molar-refractivity contribution is 6.06. The van der Waals surface area contributed by atoms with Crippen molar-refractivity contribution in [2.45, 2.75) is 25.2 Å². The van der Waals surface area contributed by atoms with Gasteiger partial charge < -0.3 is 15.4 Å². The van der Waals surface area contributed by atoms with E-state index in [0.29, 0.717) is 5.69 Å². The first kappa shape index (κ1) is 16.1. The van der Waals surface area contributed by atoms with Gasteiger partial charge in [0.15, 0.2) is 5.79 Å². The number of hydrogen-bond acceptors (Lipinski definition) is 8. The molecule has 0 bridgehead atoms. The average Bonchev–Trinajstić information content (AvgIpc) is 3.34. The summed E-state index contributed by atoms with van der Waals surface area (Å²) in [6.07, 6.45) is 4.16. The molecule has 1 aromatic heterocycles. The SMILES string of the molecule is NC1(C2CC2)N=C(Nc2ccc(OC(F)F)nc2)C([N+](=O)[O-])=CN1. The average molecular weight is 340 g/mol. The summed E-state index contributed by atoms with van der Waals surface area (Å²) in [5, 5.41) is 16.7. The number of anilines is 1. The Morgan fingerprint density at radius 3 is 2.79 bits per heavy atom. The first-order valence-corrected chi connectivity index (χ1v) is 7.06. The molecule has 128 valence electrons. The smallest absolute Gasteiger partial charge is 0.388 e. The largest absolute Gasteiger partial charge is 0.417 e. The molecule has 2 aliphatic rings. The molecule has 9 nitrogen and oxygen atoms in total. The van der Waals surface area contributed by atoms with E-state index in [9.17, 15) is 18.9 Å². The fourth-order valence-electron chi connectivity index (χ4n) is 2.24. The Hall–Kier alpha value is -2.82. The summed E-state index contributed by atoms with van der Waals surface area (Å²) in [7, 11) is 0. The molecule has 1 aromatic rings. The fourth-order valence-corrected chi connectivity index (χ4v) is 2.24. The van der Waals surface area contributed by atoms with Gasteiger partial charge in [0, 0.05) is 12.0 Å². The van der Waals surface area contributed by atoms with Crippen molar-refractivity contribution in [3.8, 4) is 5.88 Å². The second kappa shape index (κ2) is 6.00. The van der Waals surface area contributed by atoms with Gasteiger partial charge in [0.2, 0.25) is 11.7 Å². The van der Waals surface area contributed by atoms with E-state index in [1.165, 1.54) is 24.5 Å². The van der Waals surface area contributed by atoms with Crippen LogP contribution in [0, 0.1) is 16.0 Å². The van der Waals surface area contributed by atoms with Crippen LogP contribution in [0.25, 0.3) is 0 Å². The van der Waals surface area contributed by atoms with E-state index in [2.05, 4.69) is 25.3 Å². The highest BCUT2D eigenvalue weighted by Crippen LogP contribution is 2.39. The maximum absolute atomic E-state index is 12.1. The topological polar surface area (TPSA) is 128 Å². The number of nitrogens with zero attached hydrogens (tertiary/aromatic N) is 3. The van der Waals surface area contributed by atoms with E-state index in [-0.39, 0.29) is 23.3 Å². The van der Waals surface area contributed by atoms with Crippen LogP contribution in [0.15, 0.2) is 35.2 Å². The van der Waals surface area contributed by atoms with Gasteiger partial charge in [0.05, 0.1) is 23.0 Å². The Morgan fingerprint density at radius 2 is 2.25 bits per heavy atom. The van der Waals surface area contributed by atoms with Crippen molar-refractivity contribution < 1.29 is 18.4 Å². The second-order valence-corrected chi connectivity index (χ2v) is 5.38. The lowest BCUT2D eigenvalue weighted by Gasteiger charge is -2.29. The number of amidine groups is 1. The minimum Gasteiger partial charge on any atom is -0.417 e. The number of pyridine rings is 1. The summed E-state index contributed by atoms with van der Waals surface area (Å²) in [6, 6.07) is 2.60. The molecule has 1 aliphatic heterocycles. The molecular formula is C13H14F2N6O3. The third kappa shape index (κ3) is 3.40. The van der Waals surface area contributed by atoms with Crippen LogP contribution in [0.2, 0.25) is 0 Å². The zero-order valence-electron chi connectivity index (χ0n) is 12.3. The van der Waals surface area contributed by atoms with Gasteiger partial charge in [0.1, 0.15) is 0 Å². The number of nitrogens with one attached hydrogen (secondary N) is 2. The fraction of sp³-hybridized carbons (Fsp3) is 0.385. The minimum atomic E-state index is -2.98. The number of alkyl halides is 2. The molecule has 1 fully saturated rings. The summed E-state index contributed by atoms with van der Waals surface area (Å²) in [4.78, 5) is 18.4. The third-order valence-corrected chi connectivity index (χ3v) is 3.58. The molecule has 3 rings (SSSR count). The molecule has 0 radical (unpaired) electrons. The number of aromatic nitrogens is 1. The van der Waals surface area contributed by atoms with Gasteiger partial charge in [-0.15, -0.1) is 0 Å². The molecule has 1 atom stereocenters. The van der Waals surface area contributed by atoms with Gasteiger partial charge in [-0.1, -0.05) is 0 Å². The van der Waals surface area contributed by atoms with Crippen molar-refractivity contribution in [3.63, 3.8) is 0 Å². The molecule has 1 aliphatic carbocycles. The molecule has 0 saturated heterocycles. The summed E-state index contributed by atoms with van der Waals surface area (Å²) < 4.78 is 28.3. The number of ether oxygens (including phenoxy) is 1. The van der Waals surface area contributed by atoms with Gasteiger partial charge >= 0.3 is 12.3 Å². The van der Waals surface area contributed by atoms with Crippen molar-refractivity contribution in [2.24, 2.45) is 16.6 Å². The molecule has 11 heteroatoms. The van der Waals surface area contributed by atoms with Crippen LogP contribution in [-0.4, -0.2) is 28.1 Å². The van der Waals surface area contributed by atoms with Crippen LogP contribution in [0.1, 0.15) is 12.8 Å². The maximum Gasteiger partial charge on any atom is 0.388 e. The van der Waals surface area contributed by atoms with Gasteiger partial charge in [-0.3, -0.25) is 15.8 Å². The quantitative estimate of drug-likeness (QED) is 0.543. The first-order chi connectivity index (χ1) is 11.4. The maximum atomic E-state index is 12.1. The van der Waals surface area contributed by atoms with Crippen LogP contribution in [0.4, 0.5) is 14.5 Å². The van der Waals surface area contributed by atoms with Crippen LogP contribution in [0.3, 0.4) is 0 Å². The van der Waals surface area contributed by atoms with Gasteiger partial charge in [0.25, 0.3) is 0 Å². The lowest BCUT2D eigenvalue weighted by atomic mass is 10.2. The van der Waals surface area contributed by atoms with Crippen LogP contribution >= 0.6 is 0 Å². The Morgan fingerprint density at radius 1 is 1.50 bits per heavy atom. The van der Waals surface area contributed by atoms with Crippen molar-refractivity contribution in [2.75, 3.05) is 5.32 Å². The minimum absolute atomic E-state index is 0.0301. The van der Waals surface area contributed by atoms with E-state index in [0.717, 1.165) is 12.8 Å². The molecule has 0 aromatic carbocycles. The van der Waals surface area contributed by atoms with Crippen LogP contribution in [0.5, 0.6) is 5.88 Å². The first-order valence-electron chi connectivity index (χ1n) is 7.06. The third-order valence-electron chi connectivity index (χ3n) is 3.58. The predicted molar refractivity (Wildman–Crippen MR) is 79.8 cm³/mol. The molecule has 1 unspecified atom stereocenters. The van der Waals surface area contributed by atoms with E-state index in [1.54, 1.807) is 0 Å². The van der Waals surface area contributed by atoms with Gasteiger partial charge in [-0.25, -0.2) is 9.98 Å². The Labute approximate surface area is 134 Å². The lowest BCUT2D eigenvalue weighted by molar-refractivity contribution is -0.416. The van der Waals surface area contributed by atoms with Crippen LogP contribution in [-0.2, 0) is 0 Å². The predicted octanol–water partition coefficient (Wildman–Crippen LogP) is 1.24. The summed E-state index contributed by atoms with van der Waals surface area (Å²) in [5.74, 6) is -1.30. The van der Waals surface area contributed by atoms with Gasteiger partial charge in [-0.2, -0.15) is 8.78 Å². The van der Waals surface area contributed by atoms with Gasteiger partial charge in [-0.05, 0) is 18.9 Å². The highest BCUT2D eigenvalue weighted by Gasteiger charge is 2.45. The molecule has 0 spiro atoms. The molecule has 2 heterocycles. The van der Waals surface area contributed by atoms with E-state index in [4.69, 9.17) is 5.73 Å². The van der Waals surface area contributed by atoms with Crippen molar-refractivity contribution >= 4 is 11.5 Å². The number of halogens is 2. The standard InChI is InChI=1S/C13H14F2N6O3/c14-12(15)24-10-4-3-8(5-17-10)19-11-9(21(22)23)6-18-13(16,20-11)7-1-2-7/h3-7,12,18H,1-2,16H2,(H,19,20). The zero-order chi connectivity index (χ0) is 17.3. The molecular weight excluding hydrogens is 326 g/mol. The van der Waals surface area contributed by atoms with E-state index >= 15 is 0 Å². The Kier molecular flexibility index (Phi) is 4.01. The Balaban J connectivity index is 1.80. The van der Waals surface area contributed by atoms with Crippen LogP contribution < -0.4 is 21.1 Å². The summed E-state index contributed by atoms with van der Waals surface area (Å²) in [6.45, 7) is -2.98. The normalized spacial score (nSPS) is 23.2. The number of aliphatic imine (C=N–C) groups is 1. The molecule has 1 saturated carbocycles. The zero-order valence-corrected chi connectivity index (χ0v) is 12.3. The van der Waals surface area contributed by atoms with E-state index < -0.39 is 17.3 Å². The molecule has 24 heavy (non-hydrogen) atoms. The number of nitrogens with two attached hydrogens (primary N) is 1. The number of hydrogen-bond donors (Lipinski definition) is 3. The molecule has 0 amide bonds. The molecule has 4 N–H and O–H groups in total. The van der Waals surface area contributed by atoms with Crippen molar-refractivity contribution in [3.05, 3.63) is 40.3 Å². The number of nitro groups is 1. The summed E-state index contributed by atoms with van der Waals surface area (Å²) >= 11 is 0.